The molecule has 4 heterocycles. The average molecular weight is 481 g/mol. The number of aryl methyl sites for hydroxylation is 1. The van der Waals surface area contributed by atoms with Crippen molar-refractivity contribution in [1.82, 2.24) is 24.3 Å². The van der Waals surface area contributed by atoms with Crippen molar-refractivity contribution >= 4 is 23.3 Å². The van der Waals surface area contributed by atoms with Gasteiger partial charge in [-0.3, -0.25) is 9.48 Å². The molecule has 186 valence electrons. The number of carbonyl (C=O) groups excluding carboxylic acids is 2. The molecule has 3 atom stereocenters. The van der Waals surface area contributed by atoms with E-state index in [1.807, 2.05) is 52.2 Å². The first-order valence-electron chi connectivity index (χ1n) is 12.0. The topological polar surface area (TPSA) is 103 Å². The zero-order chi connectivity index (χ0) is 24.9. The molecular weight excluding hydrogens is 448 g/mol. The zero-order valence-corrected chi connectivity index (χ0v) is 20.8. The van der Waals surface area contributed by atoms with Crippen LogP contribution in [0, 0.1) is 11.8 Å². The van der Waals surface area contributed by atoms with E-state index in [4.69, 9.17) is 9.47 Å². The number of ether oxygens (including phenoxy) is 2. The first-order chi connectivity index (χ1) is 16.6. The maximum atomic E-state index is 12.4. The van der Waals surface area contributed by atoms with Gasteiger partial charge in [-0.1, -0.05) is 6.92 Å². The Hall–Kier alpha value is -3.56. The van der Waals surface area contributed by atoms with Gasteiger partial charge >= 0.3 is 6.09 Å². The van der Waals surface area contributed by atoms with Crippen molar-refractivity contribution in [3.05, 3.63) is 30.6 Å². The molecule has 1 aliphatic carbocycles. The molecule has 0 unspecified atom stereocenters. The lowest BCUT2D eigenvalue weighted by molar-refractivity contribution is -0.117. The molecule has 0 bridgehead atoms. The summed E-state index contributed by atoms with van der Waals surface area (Å²) in [6, 6.07) is 5.76. The molecule has 1 N–H and O–H groups in total. The minimum absolute atomic E-state index is 0.0277. The van der Waals surface area contributed by atoms with Crippen LogP contribution in [0.3, 0.4) is 0 Å². The number of carbonyl (C=O) groups is 2. The summed E-state index contributed by atoms with van der Waals surface area (Å²) < 4.78 is 15.1. The Morgan fingerprint density at radius 1 is 1.26 bits per heavy atom. The van der Waals surface area contributed by atoms with Gasteiger partial charge in [0.2, 0.25) is 5.91 Å². The van der Waals surface area contributed by atoms with Gasteiger partial charge in [0.05, 0.1) is 17.8 Å². The Balaban J connectivity index is 1.28. The van der Waals surface area contributed by atoms with E-state index in [1.165, 1.54) is 0 Å². The van der Waals surface area contributed by atoms with Crippen LogP contribution in [-0.4, -0.2) is 61.1 Å². The van der Waals surface area contributed by atoms with Crippen LogP contribution in [0.25, 0.3) is 16.8 Å². The van der Waals surface area contributed by atoms with Gasteiger partial charge in [-0.15, -0.1) is 0 Å². The lowest BCUT2D eigenvalue weighted by Gasteiger charge is -2.40. The molecule has 1 saturated heterocycles. The van der Waals surface area contributed by atoms with Gasteiger partial charge < -0.3 is 19.7 Å². The Bertz CT molecular complexity index is 1270. The predicted molar refractivity (Wildman–Crippen MR) is 130 cm³/mol. The highest BCUT2D eigenvalue weighted by Gasteiger charge is 2.39. The molecule has 10 heteroatoms. The highest BCUT2D eigenvalue weighted by molar-refractivity contribution is 5.94. The summed E-state index contributed by atoms with van der Waals surface area (Å²) in [5.41, 5.74) is 2.07. The monoisotopic (exact) mass is 480 g/mol. The summed E-state index contributed by atoms with van der Waals surface area (Å²) in [5, 5.41) is 11.8. The Morgan fingerprint density at radius 2 is 2.03 bits per heavy atom. The van der Waals surface area contributed by atoms with Crippen molar-refractivity contribution in [3.63, 3.8) is 0 Å². The number of hydrogen-bond donors (Lipinski definition) is 1. The number of anilines is 1. The minimum Gasteiger partial charge on any atom is -0.487 e. The van der Waals surface area contributed by atoms with Gasteiger partial charge in [0.25, 0.3) is 0 Å². The largest absolute Gasteiger partial charge is 0.487 e. The Kier molecular flexibility index (Phi) is 5.69. The van der Waals surface area contributed by atoms with E-state index in [2.05, 4.69) is 22.4 Å². The van der Waals surface area contributed by atoms with Gasteiger partial charge in [-0.2, -0.15) is 10.2 Å². The number of nitrogens with zero attached hydrogens (tertiary/aromatic N) is 5. The molecule has 3 aromatic rings. The number of likely N-dealkylation sites (tertiary alicyclic amines) is 1. The van der Waals surface area contributed by atoms with E-state index in [9.17, 15) is 9.59 Å². The van der Waals surface area contributed by atoms with Gasteiger partial charge in [0, 0.05) is 37.3 Å². The third kappa shape index (κ3) is 4.82. The molecule has 0 aromatic carbocycles. The lowest BCUT2D eigenvalue weighted by atomic mass is 10.1. The molecule has 35 heavy (non-hydrogen) atoms. The number of aromatic nitrogens is 4. The third-order valence-corrected chi connectivity index (χ3v) is 6.54. The number of amides is 2. The zero-order valence-electron chi connectivity index (χ0n) is 20.8. The van der Waals surface area contributed by atoms with Crippen LogP contribution in [0.15, 0.2) is 30.6 Å². The van der Waals surface area contributed by atoms with Gasteiger partial charge in [-0.05, 0) is 51.7 Å². The second kappa shape index (κ2) is 8.58. The van der Waals surface area contributed by atoms with Crippen LogP contribution in [0.5, 0.6) is 5.75 Å². The first kappa shape index (κ1) is 23.2. The van der Waals surface area contributed by atoms with Crippen LogP contribution in [0.1, 0.15) is 40.5 Å². The molecule has 0 spiro atoms. The van der Waals surface area contributed by atoms with E-state index in [0.29, 0.717) is 30.6 Å². The smallest absolute Gasteiger partial charge is 0.410 e. The Morgan fingerprint density at radius 3 is 2.69 bits per heavy atom. The van der Waals surface area contributed by atoms with Gasteiger partial charge in [-0.25, -0.2) is 9.31 Å². The first-order valence-corrected chi connectivity index (χ1v) is 12.0. The fraction of sp³-hybridized carbons (Fsp3) is 0.520. The van der Waals surface area contributed by atoms with E-state index in [1.54, 1.807) is 20.3 Å². The maximum Gasteiger partial charge on any atom is 0.410 e. The number of pyridine rings is 1. The second-order valence-corrected chi connectivity index (χ2v) is 10.5. The molecule has 5 rings (SSSR count). The average Bonchev–Trinajstić information content (AvgIpc) is 3.17. The highest BCUT2D eigenvalue weighted by Crippen LogP contribution is 2.38. The predicted octanol–water partition coefficient (Wildman–Crippen LogP) is 3.72. The quantitative estimate of drug-likeness (QED) is 0.577. The van der Waals surface area contributed by atoms with Crippen LogP contribution in [-0.2, 0) is 16.6 Å². The van der Waals surface area contributed by atoms with Crippen molar-refractivity contribution in [2.75, 3.05) is 18.5 Å². The molecule has 2 amide bonds. The fourth-order valence-electron chi connectivity index (χ4n) is 4.32. The molecule has 10 nitrogen and oxygen atoms in total. The maximum absolute atomic E-state index is 12.4. The molecule has 0 radical (unpaired) electrons. The van der Waals surface area contributed by atoms with Crippen molar-refractivity contribution in [2.24, 2.45) is 18.9 Å². The molecule has 2 fully saturated rings. The van der Waals surface area contributed by atoms with Crippen LogP contribution >= 0.6 is 0 Å². The minimum atomic E-state index is -0.528. The number of hydrogen-bond acceptors (Lipinski definition) is 6. The van der Waals surface area contributed by atoms with Gasteiger partial charge in [0.1, 0.15) is 17.9 Å². The highest BCUT2D eigenvalue weighted by atomic mass is 16.6. The van der Waals surface area contributed by atoms with Crippen molar-refractivity contribution in [1.29, 1.82) is 0 Å². The van der Waals surface area contributed by atoms with Crippen molar-refractivity contribution < 1.29 is 19.1 Å². The van der Waals surface area contributed by atoms with E-state index < -0.39 is 5.60 Å². The van der Waals surface area contributed by atoms with Crippen LogP contribution in [0.4, 0.5) is 10.6 Å². The van der Waals surface area contributed by atoms with Gasteiger partial charge in [0.15, 0.2) is 11.6 Å². The summed E-state index contributed by atoms with van der Waals surface area (Å²) in [6.07, 6.45) is 5.03. The van der Waals surface area contributed by atoms with Crippen molar-refractivity contribution in [2.45, 2.75) is 52.2 Å². The fourth-order valence-corrected chi connectivity index (χ4v) is 4.32. The van der Waals surface area contributed by atoms with Crippen molar-refractivity contribution in [3.8, 4) is 17.0 Å². The number of fused-ring (bicyclic) bond motifs is 1. The SMILES string of the molecule is C[C@@H]1C[C@H]1C(=O)Nc1cc2cc(-c3c(OC[C@H]4CCN4C(=O)OC(C)(C)C)cnn3C)ccn2n1. The van der Waals surface area contributed by atoms with E-state index in [-0.39, 0.29) is 24.0 Å². The standard InChI is InChI=1S/C25H32N6O4/c1-15-10-19(15)23(32)27-21-12-18-11-16(6-9-31(18)28-21)22-20(13-26-29(22)5)34-14-17-7-8-30(17)24(33)35-25(2,3)4/h6,9,11-13,15,17,19H,7-8,10,14H2,1-5H3,(H,27,28,32)/t15-,17-,19-/m1/s1. The van der Waals surface area contributed by atoms with Crippen LogP contribution in [0.2, 0.25) is 0 Å². The Labute approximate surface area is 204 Å². The van der Waals surface area contributed by atoms with E-state index >= 15 is 0 Å². The molecule has 2 aliphatic rings. The summed E-state index contributed by atoms with van der Waals surface area (Å²) in [6.45, 7) is 8.69. The lowest BCUT2D eigenvalue weighted by Crippen LogP contribution is -2.55. The summed E-state index contributed by atoms with van der Waals surface area (Å²) in [5.74, 6) is 1.74. The number of nitrogens with one attached hydrogen (secondary N) is 1. The summed E-state index contributed by atoms with van der Waals surface area (Å²) >= 11 is 0. The molecule has 1 saturated carbocycles. The van der Waals surface area contributed by atoms with Crippen LogP contribution < -0.4 is 10.1 Å². The molecule has 3 aromatic heterocycles. The summed E-state index contributed by atoms with van der Waals surface area (Å²) in [4.78, 5) is 26.4. The second-order valence-electron chi connectivity index (χ2n) is 10.5. The normalized spacial score (nSPS) is 21.5. The molecular formula is C25H32N6O4. The molecule has 1 aliphatic heterocycles. The third-order valence-electron chi connectivity index (χ3n) is 6.54. The summed E-state index contributed by atoms with van der Waals surface area (Å²) in [7, 11) is 1.86. The number of rotatable bonds is 6. The van der Waals surface area contributed by atoms with E-state index in [0.717, 1.165) is 29.6 Å².